The molecule has 0 heterocycles. The molecule has 0 spiro atoms. The van der Waals surface area contributed by atoms with Crippen molar-refractivity contribution in [3.05, 3.63) is 73.1 Å². The molecule has 7 nitrogen and oxygen atoms in total. The third-order valence-corrected chi connectivity index (χ3v) is 3.14. The highest BCUT2D eigenvalue weighted by Gasteiger charge is 2.14. The summed E-state index contributed by atoms with van der Waals surface area (Å²) >= 11 is 3.33. The highest BCUT2D eigenvalue weighted by Crippen LogP contribution is 2.31. The summed E-state index contributed by atoms with van der Waals surface area (Å²) < 4.78 is 6.46. The number of hydrogen-bond donors (Lipinski definition) is 0. The van der Waals surface area contributed by atoms with E-state index in [1.807, 2.05) is 24.3 Å². The van der Waals surface area contributed by atoms with E-state index in [-0.39, 0.29) is 18.0 Å². The van der Waals surface area contributed by atoms with E-state index in [1.54, 1.807) is 0 Å². The zero-order valence-electron chi connectivity index (χ0n) is 10.6. The Hall–Kier alpha value is -2.57. The van der Waals surface area contributed by atoms with Crippen molar-refractivity contribution in [2.45, 2.75) is 6.61 Å². The second kappa shape index (κ2) is 6.74. The molecule has 0 unspecified atom stereocenters. The number of ether oxygens (including phenoxy) is 1. The highest BCUT2D eigenvalue weighted by atomic mass is 79.9. The fraction of sp³-hybridized carbons (Fsp3) is 0.0769. The van der Waals surface area contributed by atoms with E-state index >= 15 is 0 Å². The minimum absolute atomic E-state index is 0.0431. The zero-order valence-corrected chi connectivity index (χ0v) is 12.2. The van der Waals surface area contributed by atoms with Crippen LogP contribution < -0.4 is 4.74 Å². The molecule has 0 fully saturated rings. The van der Waals surface area contributed by atoms with Crippen LogP contribution in [0.3, 0.4) is 0 Å². The third kappa shape index (κ3) is 3.95. The van der Waals surface area contributed by atoms with E-state index in [2.05, 4.69) is 26.0 Å². The Morgan fingerprint density at radius 1 is 1.29 bits per heavy atom. The second-order valence-corrected chi connectivity index (χ2v) is 4.93. The Morgan fingerprint density at radius 2 is 2.00 bits per heavy atom. The van der Waals surface area contributed by atoms with Crippen LogP contribution in [0.2, 0.25) is 0 Å². The van der Waals surface area contributed by atoms with E-state index in [0.717, 1.165) is 10.0 Å². The van der Waals surface area contributed by atoms with Crippen LogP contribution in [0, 0.1) is 10.1 Å². The number of azide groups is 1. The Morgan fingerprint density at radius 3 is 2.62 bits per heavy atom. The Bertz CT molecular complexity index is 712. The lowest BCUT2D eigenvalue weighted by molar-refractivity contribution is -0.384. The van der Waals surface area contributed by atoms with Crippen molar-refractivity contribution in [1.82, 2.24) is 0 Å². The van der Waals surface area contributed by atoms with Crippen molar-refractivity contribution >= 4 is 27.3 Å². The molecule has 21 heavy (non-hydrogen) atoms. The van der Waals surface area contributed by atoms with Gasteiger partial charge in [-0.15, -0.1) is 0 Å². The van der Waals surface area contributed by atoms with Crippen LogP contribution in [0.1, 0.15) is 5.56 Å². The molecule has 0 saturated carbocycles. The van der Waals surface area contributed by atoms with Gasteiger partial charge in [-0.25, -0.2) is 0 Å². The van der Waals surface area contributed by atoms with Gasteiger partial charge in [-0.1, -0.05) is 33.2 Å². The largest absolute Gasteiger partial charge is 0.489 e. The molecule has 8 heteroatoms. The lowest BCUT2D eigenvalue weighted by Gasteiger charge is -2.07. The first-order valence-electron chi connectivity index (χ1n) is 5.81. The molecule has 0 aromatic heterocycles. The molecule has 0 aliphatic heterocycles. The number of nitro benzene ring substituents is 1. The minimum atomic E-state index is -0.615. The van der Waals surface area contributed by atoms with Crippen molar-refractivity contribution in [3.63, 3.8) is 0 Å². The van der Waals surface area contributed by atoms with E-state index in [0.29, 0.717) is 5.75 Å². The van der Waals surface area contributed by atoms with Crippen molar-refractivity contribution in [2.75, 3.05) is 0 Å². The maximum absolute atomic E-state index is 10.9. The predicted octanol–water partition coefficient (Wildman–Crippen LogP) is 4.88. The zero-order chi connectivity index (χ0) is 15.2. The maximum atomic E-state index is 10.9. The van der Waals surface area contributed by atoms with Crippen LogP contribution in [0.25, 0.3) is 10.4 Å². The van der Waals surface area contributed by atoms with Crippen LogP contribution in [0.15, 0.2) is 52.1 Å². The topological polar surface area (TPSA) is 101 Å². The lowest BCUT2D eigenvalue weighted by Crippen LogP contribution is -1.96. The van der Waals surface area contributed by atoms with Gasteiger partial charge in [0.1, 0.15) is 18.0 Å². The molecular formula is C13H9BrN4O3. The molecule has 2 rings (SSSR count). The fourth-order valence-corrected chi connectivity index (χ4v) is 1.88. The summed E-state index contributed by atoms with van der Waals surface area (Å²) in [6, 6.07) is 11.6. The molecule has 0 aliphatic rings. The smallest absolute Gasteiger partial charge is 0.282 e. The van der Waals surface area contributed by atoms with Crippen LogP contribution in [0.4, 0.5) is 11.4 Å². The van der Waals surface area contributed by atoms with Crippen molar-refractivity contribution in [2.24, 2.45) is 5.11 Å². The van der Waals surface area contributed by atoms with Gasteiger partial charge >= 0.3 is 0 Å². The Balaban J connectivity index is 2.17. The normalized spacial score (nSPS) is 9.76. The first-order chi connectivity index (χ1) is 10.1. The van der Waals surface area contributed by atoms with E-state index in [4.69, 9.17) is 10.3 Å². The monoisotopic (exact) mass is 348 g/mol. The SMILES string of the molecule is [N-]=[N+]=Nc1ccc(OCc2ccc(Br)cc2)cc1[N+](=O)[O-]. The van der Waals surface area contributed by atoms with E-state index in [9.17, 15) is 10.1 Å². The minimum Gasteiger partial charge on any atom is -0.489 e. The molecule has 0 atom stereocenters. The number of benzene rings is 2. The van der Waals surface area contributed by atoms with Gasteiger partial charge in [-0.2, -0.15) is 0 Å². The van der Waals surface area contributed by atoms with Crippen LogP contribution in [-0.4, -0.2) is 4.92 Å². The molecule has 0 bridgehead atoms. The molecule has 2 aromatic rings. The number of rotatable bonds is 5. The summed E-state index contributed by atoms with van der Waals surface area (Å²) in [6.07, 6.45) is 0. The third-order valence-electron chi connectivity index (χ3n) is 2.61. The van der Waals surface area contributed by atoms with Crippen molar-refractivity contribution < 1.29 is 9.66 Å². The summed E-state index contributed by atoms with van der Waals surface area (Å²) in [6.45, 7) is 0.283. The van der Waals surface area contributed by atoms with E-state index < -0.39 is 4.92 Å². The van der Waals surface area contributed by atoms with Gasteiger partial charge in [-0.05, 0) is 35.4 Å². The van der Waals surface area contributed by atoms with Gasteiger partial charge < -0.3 is 4.74 Å². The van der Waals surface area contributed by atoms with Crippen LogP contribution in [0.5, 0.6) is 5.75 Å². The van der Waals surface area contributed by atoms with Gasteiger partial charge in [0.05, 0.1) is 11.0 Å². The highest BCUT2D eigenvalue weighted by molar-refractivity contribution is 9.10. The number of nitro groups is 1. The van der Waals surface area contributed by atoms with Crippen molar-refractivity contribution in [1.29, 1.82) is 0 Å². The lowest BCUT2D eigenvalue weighted by atomic mass is 10.2. The van der Waals surface area contributed by atoms with Crippen LogP contribution >= 0.6 is 15.9 Å². The van der Waals surface area contributed by atoms with Gasteiger partial charge in [0, 0.05) is 9.38 Å². The predicted molar refractivity (Wildman–Crippen MR) is 80.4 cm³/mol. The number of nitrogens with zero attached hydrogens (tertiary/aromatic N) is 4. The van der Waals surface area contributed by atoms with E-state index in [1.165, 1.54) is 18.2 Å². The molecule has 2 aromatic carbocycles. The Labute approximate surface area is 128 Å². The Kier molecular flexibility index (Phi) is 4.76. The number of halogens is 1. The first kappa shape index (κ1) is 14.8. The molecule has 0 aliphatic carbocycles. The van der Waals surface area contributed by atoms with Gasteiger partial charge in [0.25, 0.3) is 5.69 Å². The fourth-order valence-electron chi connectivity index (χ4n) is 1.62. The summed E-state index contributed by atoms with van der Waals surface area (Å²) in [5.74, 6) is 0.335. The average molecular weight is 349 g/mol. The van der Waals surface area contributed by atoms with Gasteiger partial charge in [0.2, 0.25) is 0 Å². The number of hydrogen-bond acceptors (Lipinski definition) is 4. The molecular weight excluding hydrogens is 340 g/mol. The first-order valence-corrected chi connectivity index (χ1v) is 6.60. The molecule has 106 valence electrons. The summed E-state index contributed by atoms with van der Waals surface area (Å²) in [4.78, 5) is 12.9. The molecule has 0 N–H and O–H groups in total. The van der Waals surface area contributed by atoms with Crippen molar-refractivity contribution in [3.8, 4) is 5.75 Å². The van der Waals surface area contributed by atoms with Gasteiger partial charge in [0.15, 0.2) is 0 Å². The summed E-state index contributed by atoms with van der Waals surface area (Å²) in [5, 5.41) is 14.2. The molecule has 0 saturated heterocycles. The van der Waals surface area contributed by atoms with Crippen LogP contribution in [-0.2, 0) is 6.61 Å². The standard InChI is InChI=1S/C13H9BrN4O3/c14-10-3-1-9(2-4-10)8-21-11-5-6-12(16-17-15)13(7-11)18(19)20/h1-7H,8H2. The van der Waals surface area contributed by atoms with Gasteiger partial charge in [-0.3, -0.25) is 10.1 Å². The summed E-state index contributed by atoms with van der Waals surface area (Å²) in [5.41, 5.74) is 8.97. The molecule has 0 radical (unpaired) electrons. The quantitative estimate of drug-likeness (QED) is 0.253. The molecule has 0 amide bonds. The summed E-state index contributed by atoms with van der Waals surface area (Å²) in [7, 11) is 0. The second-order valence-electron chi connectivity index (χ2n) is 4.01. The average Bonchev–Trinajstić information content (AvgIpc) is 2.48. The maximum Gasteiger partial charge on any atom is 0.282 e.